The number of carbonyl (C=O) groups is 2. The fourth-order valence-electron chi connectivity index (χ4n) is 6.50. The van der Waals surface area contributed by atoms with E-state index in [1.165, 1.54) is 116 Å². The van der Waals surface area contributed by atoms with Gasteiger partial charge in [-0.1, -0.05) is 215 Å². The van der Waals surface area contributed by atoms with Crippen LogP contribution >= 0.6 is 0 Å². The van der Waals surface area contributed by atoms with Gasteiger partial charge in [0.2, 0.25) is 0 Å². The summed E-state index contributed by atoms with van der Waals surface area (Å²) in [6, 6.07) is 0. The maximum atomic E-state index is 12.2. The monoisotopic (exact) mass is 781 g/mol. The predicted molar refractivity (Wildman–Crippen MR) is 242 cm³/mol. The Labute approximate surface area is 346 Å². The highest BCUT2D eigenvalue weighted by Crippen LogP contribution is 2.15. The van der Waals surface area contributed by atoms with Gasteiger partial charge in [0.15, 0.2) is 6.10 Å². The van der Waals surface area contributed by atoms with Crippen molar-refractivity contribution < 1.29 is 24.2 Å². The number of aliphatic hydroxyl groups excluding tert-OH is 1. The van der Waals surface area contributed by atoms with E-state index in [-0.39, 0.29) is 25.2 Å². The second-order valence-corrected chi connectivity index (χ2v) is 15.5. The van der Waals surface area contributed by atoms with Crippen LogP contribution < -0.4 is 0 Å². The fourth-order valence-corrected chi connectivity index (χ4v) is 6.50. The van der Waals surface area contributed by atoms with Gasteiger partial charge in [-0.05, 0) is 64.2 Å². The number of hydrogen-bond donors (Lipinski definition) is 1. The summed E-state index contributed by atoms with van der Waals surface area (Å²) in [5, 5.41) is 9.58. The summed E-state index contributed by atoms with van der Waals surface area (Å²) in [6.45, 7) is 4.02. The molecule has 0 aliphatic heterocycles. The Morgan fingerprint density at radius 1 is 0.429 bits per heavy atom. The van der Waals surface area contributed by atoms with Crippen LogP contribution in [0, 0.1) is 0 Å². The minimum atomic E-state index is -0.772. The van der Waals surface area contributed by atoms with Gasteiger partial charge in [0, 0.05) is 12.8 Å². The first kappa shape index (κ1) is 53.3. The Kier molecular flexibility index (Phi) is 44.5. The molecule has 0 aromatic heterocycles. The molecular weight excluding hydrogens is 693 g/mol. The van der Waals surface area contributed by atoms with Crippen molar-refractivity contribution in [1.29, 1.82) is 0 Å². The molecule has 1 atom stereocenters. The number of rotatable bonds is 42. The molecule has 0 heterocycles. The van der Waals surface area contributed by atoms with Gasteiger partial charge in [-0.2, -0.15) is 0 Å². The van der Waals surface area contributed by atoms with Crippen LogP contribution in [-0.4, -0.2) is 36.4 Å². The summed E-state index contributed by atoms with van der Waals surface area (Å²) in [5.74, 6) is -0.592. The van der Waals surface area contributed by atoms with Crippen molar-refractivity contribution in [2.45, 2.75) is 225 Å². The Morgan fingerprint density at radius 2 is 0.768 bits per heavy atom. The van der Waals surface area contributed by atoms with Crippen molar-refractivity contribution in [2.24, 2.45) is 0 Å². The zero-order valence-corrected chi connectivity index (χ0v) is 36.6. The van der Waals surface area contributed by atoms with Gasteiger partial charge in [-0.3, -0.25) is 9.59 Å². The van der Waals surface area contributed by atoms with Crippen molar-refractivity contribution in [3.63, 3.8) is 0 Å². The third kappa shape index (κ3) is 44.1. The van der Waals surface area contributed by atoms with Gasteiger partial charge in [-0.15, -0.1) is 0 Å². The molecule has 5 nitrogen and oxygen atoms in total. The maximum Gasteiger partial charge on any atom is 0.306 e. The van der Waals surface area contributed by atoms with Crippen molar-refractivity contribution >= 4 is 11.9 Å². The van der Waals surface area contributed by atoms with E-state index in [1.807, 2.05) is 0 Å². The highest BCUT2D eigenvalue weighted by atomic mass is 16.6. The fraction of sp³-hybridized carbons (Fsp3) is 0.725. The normalized spacial score (nSPS) is 12.8. The molecule has 0 fully saturated rings. The zero-order valence-electron chi connectivity index (χ0n) is 36.6. The lowest BCUT2D eigenvalue weighted by Gasteiger charge is -2.15. The summed E-state index contributed by atoms with van der Waals surface area (Å²) < 4.78 is 10.6. The van der Waals surface area contributed by atoms with E-state index in [9.17, 15) is 14.7 Å². The molecule has 0 saturated heterocycles. The number of carbonyl (C=O) groups excluding carboxylic acids is 2. The maximum absolute atomic E-state index is 12.2. The molecule has 0 aromatic rings. The summed E-state index contributed by atoms with van der Waals surface area (Å²) in [4.78, 5) is 24.3. The average molecular weight is 781 g/mol. The number of ether oxygens (including phenoxy) is 2. The Morgan fingerprint density at radius 3 is 1.16 bits per heavy atom. The Hall–Kier alpha value is -2.66. The molecular formula is C51H88O5. The van der Waals surface area contributed by atoms with Crippen LogP contribution in [0.1, 0.15) is 219 Å². The largest absolute Gasteiger partial charge is 0.462 e. The van der Waals surface area contributed by atoms with Gasteiger partial charge in [0.1, 0.15) is 6.61 Å². The van der Waals surface area contributed by atoms with Crippen LogP contribution in [0.5, 0.6) is 0 Å². The molecule has 56 heavy (non-hydrogen) atoms. The van der Waals surface area contributed by atoms with E-state index in [1.54, 1.807) is 0 Å². The number of esters is 2. The number of aliphatic hydroxyl groups is 1. The van der Waals surface area contributed by atoms with E-state index in [0.29, 0.717) is 12.8 Å². The van der Waals surface area contributed by atoms with Crippen LogP contribution in [0.25, 0.3) is 0 Å². The summed E-state index contributed by atoms with van der Waals surface area (Å²) in [5.41, 5.74) is 0. The summed E-state index contributed by atoms with van der Waals surface area (Å²) in [6.07, 6.45) is 62.7. The number of unbranched alkanes of at least 4 members (excludes halogenated alkanes) is 22. The zero-order chi connectivity index (χ0) is 40.7. The lowest BCUT2D eigenvalue weighted by molar-refractivity contribution is -0.161. The third-order valence-electron chi connectivity index (χ3n) is 10.0. The predicted octanol–water partition coefficient (Wildman–Crippen LogP) is 15.3. The van der Waals surface area contributed by atoms with Crippen LogP contribution in [0.3, 0.4) is 0 Å². The molecule has 0 radical (unpaired) electrons. The standard InChI is InChI=1S/C51H88O5/c1-3-5-7-9-11-13-15-16-17-18-19-20-21-22-23-24-25-26-27-28-29-30-31-32-33-34-36-38-40-42-44-46-51(54)56-49(47-52)48-55-50(53)45-43-41-39-37-35-14-12-10-8-6-4-2/h5,7,11,13,16-17,19-20,22-23,25-26,49,52H,3-4,6,8-10,12,14-15,18,21,24,27-48H2,1-2H3/b7-5-,13-11-,17-16-,20-19-,23-22-,26-25-. The van der Waals surface area contributed by atoms with E-state index < -0.39 is 6.10 Å². The number of hydrogen-bond acceptors (Lipinski definition) is 5. The molecule has 1 unspecified atom stereocenters. The SMILES string of the molecule is CC/C=C\C/C=C\C/C=C\C/C=C\C/C=C\C/C=C\CCCCCCCCCCCCCCC(=O)OC(CO)COC(=O)CCCCCCCCCCCCC. The molecule has 0 rings (SSSR count). The molecule has 1 N–H and O–H groups in total. The van der Waals surface area contributed by atoms with E-state index in [2.05, 4.69) is 86.8 Å². The first-order chi connectivity index (χ1) is 27.6. The third-order valence-corrected chi connectivity index (χ3v) is 10.0. The van der Waals surface area contributed by atoms with Crippen LogP contribution in [-0.2, 0) is 19.1 Å². The first-order valence-electron chi connectivity index (χ1n) is 23.5. The lowest BCUT2D eigenvalue weighted by Crippen LogP contribution is -2.28. The van der Waals surface area contributed by atoms with Crippen molar-refractivity contribution in [2.75, 3.05) is 13.2 Å². The van der Waals surface area contributed by atoms with Gasteiger partial charge in [-0.25, -0.2) is 0 Å². The molecule has 0 aliphatic rings. The first-order valence-corrected chi connectivity index (χ1v) is 23.5. The highest BCUT2D eigenvalue weighted by Gasteiger charge is 2.16. The molecule has 0 bridgehead atoms. The molecule has 5 heteroatoms. The topological polar surface area (TPSA) is 72.8 Å². The molecule has 0 spiro atoms. The van der Waals surface area contributed by atoms with Gasteiger partial charge in [0.25, 0.3) is 0 Å². The van der Waals surface area contributed by atoms with Crippen molar-refractivity contribution in [3.8, 4) is 0 Å². The van der Waals surface area contributed by atoms with Crippen LogP contribution in [0.4, 0.5) is 0 Å². The van der Waals surface area contributed by atoms with Gasteiger partial charge in [0.05, 0.1) is 6.61 Å². The summed E-state index contributed by atoms with van der Waals surface area (Å²) in [7, 11) is 0. The van der Waals surface area contributed by atoms with E-state index in [0.717, 1.165) is 77.0 Å². The quantitative estimate of drug-likeness (QED) is 0.0379. The van der Waals surface area contributed by atoms with E-state index in [4.69, 9.17) is 9.47 Å². The molecule has 0 aliphatic carbocycles. The smallest absolute Gasteiger partial charge is 0.306 e. The van der Waals surface area contributed by atoms with E-state index >= 15 is 0 Å². The van der Waals surface area contributed by atoms with Crippen LogP contribution in [0.15, 0.2) is 72.9 Å². The highest BCUT2D eigenvalue weighted by molar-refractivity contribution is 5.70. The number of allylic oxidation sites excluding steroid dienone is 12. The average Bonchev–Trinajstić information content (AvgIpc) is 3.20. The molecule has 322 valence electrons. The van der Waals surface area contributed by atoms with Crippen molar-refractivity contribution in [1.82, 2.24) is 0 Å². The van der Waals surface area contributed by atoms with Crippen LogP contribution in [0.2, 0.25) is 0 Å². The van der Waals surface area contributed by atoms with Gasteiger partial charge < -0.3 is 14.6 Å². The van der Waals surface area contributed by atoms with Gasteiger partial charge >= 0.3 is 11.9 Å². The molecule has 0 aromatic carbocycles. The Balaban J connectivity index is 3.52. The second-order valence-electron chi connectivity index (χ2n) is 15.5. The molecule has 0 saturated carbocycles. The lowest BCUT2D eigenvalue weighted by atomic mass is 10.0. The van der Waals surface area contributed by atoms with Crippen molar-refractivity contribution in [3.05, 3.63) is 72.9 Å². The Bertz CT molecular complexity index is 1020. The minimum absolute atomic E-state index is 0.0660. The molecule has 0 amide bonds. The minimum Gasteiger partial charge on any atom is -0.462 e. The second kappa shape index (κ2) is 46.7. The summed E-state index contributed by atoms with van der Waals surface area (Å²) >= 11 is 0.